The predicted octanol–water partition coefficient (Wildman–Crippen LogP) is 4.89. The number of rotatable bonds is 6. The first-order valence-electron chi connectivity index (χ1n) is 6.51. The summed E-state index contributed by atoms with van der Waals surface area (Å²) in [7, 11) is 0. The Morgan fingerprint density at radius 1 is 1.21 bits per heavy atom. The summed E-state index contributed by atoms with van der Waals surface area (Å²) in [4.78, 5) is 0. The van der Waals surface area contributed by atoms with Crippen LogP contribution in [0.4, 0.5) is 0 Å². The van der Waals surface area contributed by atoms with Crippen molar-refractivity contribution >= 4 is 0 Å². The summed E-state index contributed by atoms with van der Waals surface area (Å²) in [5, 5.41) is 0. The highest BCUT2D eigenvalue weighted by Crippen LogP contribution is 2.57. The van der Waals surface area contributed by atoms with Crippen LogP contribution in [0, 0.1) is 23.2 Å². The molecule has 0 bridgehead atoms. The number of hydrogen-bond donors (Lipinski definition) is 0. The average Bonchev–Trinajstić information content (AvgIpc) is 2.77. The summed E-state index contributed by atoms with van der Waals surface area (Å²) in [5.74, 6) is 2.92. The van der Waals surface area contributed by atoms with Gasteiger partial charge in [-0.25, -0.2) is 0 Å². The van der Waals surface area contributed by atoms with Crippen LogP contribution in [0.2, 0.25) is 0 Å². The van der Waals surface area contributed by atoms with Gasteiger partial charge in [0.1, 0.15) is 0 Å². The monoisotopic (exact) mass is 196 g/mol. The molecule has 1 saturated carbocycles. The Morgan fingerprint density at radius 3 is 2.29 bits per heavy atom. The molecular formula is C14H28. The van der Waals surface area contributed by atoms with E-state index in [1.54, 1.807) is 0 Å². The van der Waals surface area contributed by atoms with Gasteiger partial charge in [0.05, 0.1) is 0 Å². The van der Waals surface area contributed by atoms with E-state index in [1.807, 2.05) is 0 Å². The summed E-state index contributed by atoms with van der Waals surface area (Å²) in [6.07, 6.45) is 7.14. The first-order chi connectivity index (χ1) is 6.51. The van der Waals surface area contributed by atoms with Crippen LogP contribution >= 0.6 is 0 Å². The van der Waals surface area contributed by atoms with Crippen LogP contribution < -0.4 is 0 Å². The van der Waals surface area contributed by atoms with Gasteiger partial charge in [-0.1, -0.05) is 47.5 Å². The summed E-state index contributed by atoms with van der Waals surface area (Å²) < 4.78 is 0. The van der Waals surface area contributed by atoms with E-state index in [9.17, 15) is 0 Å². The van der Waals surface area contributed by atoms with Crippen LogP contribution in [0.3, 0.4) is 0 Å². The number of hydrogen-bond acceptors (Lipinski definition) is 0. The predicted molar refractivity (Wildman–Crippen MR) is 64.4 cm³/mol. The van der Waals surface area contributed by atoms with Gasteiger partial charge in [-0.3, -0.25) is 0 Å². The van der Waals surface area contributed by atoms with Gasteiger partial charge in [0.2, 0.25) is 0 Å². The molecule has 0 nitrogen and oxygen atoms in total. The highest BCUT2D eigenvalue weighted by molar-refractivity contribution is 4.98. The Morgan fingerprint density at radius 2 is 1.86 bits per heavy atom. The molecule has 0 spiro atoms. The molecule has 1 fully saturated rings. The Bertz CT molecular complexity index is 173. The van der Waals surface area contributed by atoms with E-state index in [0.29, 0.717) is 0 Å². The van der Waals surface area contributed by atoms with Crippen molar-refractivity contribution < 1.29 is 0 Å². The van der Waals surface area contributed by atoms with Crippen molar-refractivity contribution in [3.05, 3.63) is 0 Å². The molecule has 0 radical (unpaired) electrons. The molecule has 0 heteroatoms. The van der Waals surface area contributed by atoms with Crippen molar-refractivity contribution in [3.8, 4) is 0 Å². The zero-order valence-electron chi connectivity index (χ0n) is 10.8. The van der Waals surface area contributed by atoms with Crippen molar-refractivity contribution in [2.45, 2.75) is 66.7 Å². The quantitative estimate of drug-likeness (QED) is 0.567. The van der Waals surface area contributed by atoms with Gasteiger partial charge >= 0.3 is 0 Å². The molecule has 0 aliphatic heterocycles. The molecule has 1 aliphatic carbocycles. The zero-order valence-corrected chi connectivity index (χ0v) is 10.8. The molecule has 4 unspecified atom stereocenters. The van der Waals surface area contributed by atoms with E-state index < -0.39 is 0 Å². The molecular weight excluding hydrogens is 168 g/mol. The molecule has 0 saturated heterocycles. The lowest BCUT2D eigenvalue weighted by Gasteiger charge is -2.17. The fraction of sp³-hybridized carbons (Fsp3) is 1.00. The van der Waals surface area contributed by atoms with Crippen LogP contribution in [0.25, 0.3) is 0 Å². The smallest absolute Gasteiger partial charge is 0.0297 e. The van der Waals surface area contributed by atoms with E-state index >= 15 is 0 Å². The fourth-order valence-electron chi connectivity index (χ4n) is 2.74. The third-order valence-corrected chi connectivity index (χ3v) is 4.53. The van der Waals surface area contributed by atoms with Gasteiger partial charge in [-0.05, 0) is 42.4 Å². The van der Waals surface area contributed by atoms with Gasteiger partial charge in [0, 0.05) is 0 Å². The first-order valence-corrected chi connectivity index (χ1v) is 6.51. The highest BCUT2D eigenvalue weighted by atomic mass is 14.5. The van der Waals surface area contributed by atoms with Crippen molar-refractivity contribution in [1.82, 2.24) is 0 Å². The lowest BCUT2D eigenvalue weighted by molar-refractivity contribution is 0.345. The molecule has 0 aromatic carbocycles. The van der Waals surface area contributed by atoms with Crippen LogP contribution in [-0.2, 0) is 0 Å². The van der Waals surface area contributed by atoms with Gasteiger partial charge < -0.3 is 0 Å². The Hall–Kier alpha value is 0. The van der Waals surface area contributed by atoms with Crippen LogP contribution in [0.1, 0.15) is 66.7 Å². The van der Waals surface area contributed by atoms with Gasteiger partial charge in [-0.15, -0.1) is 0 Å². The lowest BCUT2D eigenvalue weighted by Crippen LogP contribution is -2.05. The van der Waals surface area contributed by atoms with Crippen molar-refractivity contribution in [2.75, 3.05) is 0 Å². The molecule has 0 aromatic heterocycles. The molecule has 14 heavy (non-hydrogen) atoms. The lowest BCUT2D eigenvalue weighted by atomic mass is 9.89. The molecule has 0 heterocycles. The second-order valence-electron chi connectivity index (χ2n) is 6.00. The third kappa shape index (κ3) is 3.00. The molecule has 84 valence electrons. The summed E-state index contributed by atoms with van der Waals surface area (Å²) in [6, 6.07) is 0. The van der Waals surface area contributed by atoms with E-state index in [0.717, 1.165) is 23.2 Å². The zero-order chi connectivity index (χ0) is 10.8. The largest absolute Gasteiger partial charge is 0.0651 e. The van der Waals surface area contributed by atoms with Crippen molar-refractivity contribution in [3.63, 3.8) is 0 Å². The molecule has 0 N–H and O–H groups in total. The summed E-state index contributed by atoms with van der Waals surface area (Å²) in [5.41, 5.74) is 0.726. The summed E-state index contributed by atoms with van der Waals surface area (Å²) in [6.45, 7) is 12.0. The van der Waals surface area contributed by atoms with Crippen LogP contribution in [0.15, 0.2) is 0 Å². The molecule has 0 aromatic rings. The molecule has 1 rings (SSSR count). The highest BCUT2D eigenvalue weighted by Gasteiger charge is 2.47. The van der Waals surface area contributed by atoms with E-state index in [-0.39, 0.29) is 0 Å². The molecule has 0 amide bonds. The average molecular weight is 196 g/mol. The maximum atomic E-state index is 2.47. The second kappa shape index (κ2) is 4.68. The normalized spacial score (nSPS) is 35.4. The van der Waals surface area contributed by atoms with Gasteiger partial charge in [0.15, 0.2) is 0 Å². The Labute approximate surface area is 90.5 Å². The molecule has 1 aliphatic rings. The van der Waals surface area contributed by atoms with Crippen molar-refractivity contribution in [2.24, 2.45) is 23.2 Å². The van der Waals surface area contributed by atoms with Crippen LogP contribution in [-0.4, -0.2) is 0 Å². The maximum Gasteiger partial charge on any atom is -0.0297 e. The minimum atomic E-state index is 0.726. The molecule has 4 atom stereocenters. The van der Waals surface area contributed by atoms with Gasteiger partial charge in [0.25, 0.3) is 0 Å². The van der Waals surface area contributed by atoms with E-state index in [1.165, 1.54) is 32.1 Å². The minimum absolute atomic E-state index is 0.726. The van der Waals surface area contributed by atoms with Crippen LogP contribution in [0.5, 0.6) is 0 Å². The third-order valence-electron chi connectivity index (χ3n) is 4.53. The second-order valence-corrected chi connectivity index (χ2v) is 6.00. The standard InChI is InChI=1S/C14H28/c1-6-11(3)8-12(4)9-13-10-14(13,5)7-2/h11-13H,6-10H2,1-5H3. The maximum absolute atomic E-state index is 2.47. The first kappa shape index (κ1) is 12.1. The van der Waals surface area contributed by atoms with E-state index in [2.05, 4.69) is 34.6 Å². The minimum Gasteiger partial charge on any atom is -0.0651 e. The van der Waals surface area contributed by atoms with Crippen molar-refractivity contribution in [1.29, 1.82) is 0 Å². The van der Waals surface area contributed by atoms with E-state index in [4.69, 9.17) is 0 Å². The summed E-state index contributed by atoms with van der Waals surface area (Å²) >= 11 is 0. The van der Waals surface area contributed by atoms with Gasteiger partial charge in [-0.2, -0.15) is 0 Å². The topological polar surface area (TPSA) is 0 Å². The fourth-order valence-corrected chi connectivity index (χ4v) is 2.74. The Kier molecular flexibility index (Phi) is 4.04. The SMILES string of the molecule is CCC(C)CC(C)CC1CC1(C)CC. The Balaban J connectivity index is 2.19.